The number of hydrogen-bond acceptors (Lipinski definition) is 4. The fourth-order valence-electron chi connectivity index (χ4n) is 1.95. The molecular weight excluding hydrogens is 291 g/mol. The van der Waals surface area contributed by atoms with Gasteiger partial charge in [-0.3, -0.25) is 0 Å². The van der Waals surface area contributed by atoms with Gasteiger partial charge in [0.25, 0.3) is 0 Å². The third-order valence-corrected chi connectivity index (χ3v) is 4.73. The molecule has 0 radical (unpaired) electrons. The normalized spacial score (nSPS) is 12.6. The largest absolute Gasteiger partial charge is 0.309 e. The Kier molecular flexibility index (Phi) is 5.57. The summed E-state index contributed by atoms with van der Waals surface area (Å²) in [4.78, 5) is 5.54. The van der Waals surface area contributed by atoms with Crippen LogP contribution >= 0.6 is 23.1 Å². The van der Waals surface area contributed by atoms with Gasteiger partial charge in [-0.2, -0.15) is 0 Å². The summed E-state index contributed by atoms with van der Waals surface area (Å²) in [6, 6.07) is 5.37. The quantitative estimate of drug-likeness (QED) is 0.781. The van der Waals surface area contributed by atoms with E-state index in [0.29, 0.717) is 5.56 Å². The second-order valence-corrected chi connectivity index (χ2v) is 6.28. The molecule has 1 unspecified atom stereocenters. The van der Waals surface area contributed by atoms with Crippen LogP contribution in [0.2, 0.25) is 0 Å². The van der Waals surface area contributed by atoms with Crippen molar-refractivity contribution in [2.45, 2.75) is 31.2 Å². The smallest absolute Gasteiger partial charge is 0.134 e. The number of hydrogen-bond donors (Lipinski definition) is 1. The summed E-state index contributed by atoms with van der Waals surface area (Å²) in [5, 5.41) is 6.17. The Hall–Kier alpha value is -0.910. The van der Waals surface area contributed by atoms with E-state index in [0.717, 1.165) is 28.6 Å². The zero-order valence-electron chi connectivity index (χ0n) is 11.9. The molecule has 2 aromatic rings. The predicted molar refractivity (Wildman–Crippen MR) is 86.0 cm³/mol. The molecular formula is C15H19FN2S2. The molecule has 0 spiro atoms. The molecule has 1 atom stereocenters. The average molecular weight is 310 g/mol. The number of thioether (sulfide) groups is 1. The van der Waals surface area contributed by atoms with Gasteiger partial charge in [-0.1, -0.05) is 13.0 Å². The van der Waals surface area contributed by atoms with Gasteiger partial charge in [-0.25, -0.2) is 9.37 Å². The van der Waals surface area contributed by atoms with E-state index in [1.807, 2.05) is 17.7 Å². The van der Waals surface area contributed by atoms with Gasteiger partial charge in [0.05, 0.1) is 11.3 Å². The van der Waals surface area contributed by atoms with Crippen LogP contribution in [0.15, 0.2) is 28.5 Å². The molecule has 1 heterocycles. The van der Waals surface area contributed by atoms with Crippen molar-refractivity contribution in [1.82, 2.24) is 10.3 Å². The van der Waals surface area contributed by atoms with Crippen molar-refractivity contribution < 1.29 is 4.39 Å². The topological polar surface area (TPSA) is 24.9 Å². The van der Waals surface area contributed by atoms with Crippen LogP contribution in [0.4, 0.5) is 4.39 Å². The molecule has 0 fully saturated rings. The minimum Gasteiger partial charge on any atom is -0.309 e. The average Bonchev–Trinajstić information content (AvgIpc) is 2.93. The molecule has 5 heteroatoms. The van der Waals surface area contributed by atoms with Crippen LogP contribution in [-0.2, 0) is 0 Å². The lowest BCUT2D eigenvalue weighted by molar-refractivity contribution is 0.561. The minimum absolute atomic E-state index is 0.199. The van der Waals surface area contributed by atoms with Crippen molar-refractivity contribution in [1.29, 1.82) is 0 Å². The predicted octanol–water partition coefficient (Wildman–Crippen LogP) is 4.73. The zero-order chi connectivity index (χ0) is 14.5. The highest BCUT2D eigenvalue weighted by Gasteiger charge is 2.16. The minimum atomic E-state index is -0.202. The molecule has 0 amide bonds. The van der Waals surface area contributed by atoms with Gasteiger partial charge in [0.1, 0.15) is 10.8 Å². The summed E-state index contributed by atoms with van der Waals surface area (Å²) in [5.74, 6) is -0.202. The summed E-state index contributed by atoms with van der Waals surface area (Å²) < 4.78 is 14.1. The van der Waals surface area contributed by atoms with Crippen molar-refractivity contribution in [3.63, 3.8) is 0 Å². The number of halogens is 1. The Labute approximate surface area is 127 Å². The maximum atomic E-state index is 14.1. The maximum absolute atomic E-state index is 14.1. The Morgan fingerprint density at radius 3 is 2.95 bits per heavy atom. The molecule has 2 rings (SSSR count). The summed E-state index contributed by atoms with van der Waals surface area (Å²) >= 11 is 3.05. The van der Waals surface area contributed by atoms with Crippen LogP contribution in [0.25, 0.3) is 10.6 Å². The van der Waals surface area contributed by atoms with Crippen molar-refractivity contribution in [2.75, 3.05) is 12.8 Å². The second-order valence-electron chi connectivity index (χ2n) is 4.57. The number of nitrogens with one attached hydrogen (secondary N) is 1. The summed E-state index contributed by atoms with van der Waals surface area (Å²) in [6.45, 7) is 5.19. The van der Waals surface area contributed by atoms with Crippen molar-refractivity contribution in [3.8, 4) is 10.6 Å². The number of aromatic nitrogens is 1. The van der Waals surface area contributed by atoms with E-state index in [1.54, 1.807) is 17.8 Å². The van der Waals surface area contributed by atoms with Gasteiger partial charge in [0, 0.05) is 16.3 Å². The Morgan fingerprint density at radius 1 is 1.45 bits per heavy atom. The first-order valence-electron chi connectivity index (χ1n) is 6.69. The van der Waals surface area contributed by atoms with Crippen LogP contribution < -0.4 is 5.32 Å². The molecule has 0 aliphatic rings. The summed E-state index contributed by atoms with van der Waals surface area (Å²) in [7, 11) is 0. The zero-order valence-corrected chi connectivity index (χ0v) is 13.6. The van der Waals surface area contributed by atoms with E-state index >= 15 is 0 Å². The van der Waals surface area contributed by atoms with Crippen molar-refractivity contribution in [3.05, 3.63) is 35.1 Å². The lowest BCUT2D eigenvalue weighted by atomic mass is 10.2. The fourth-order valence-corrected chi connectivity index (χ4v) is 3.60. The molecule has 0 saturated carbocycles. The summed E-state index contributed by atoms with van der Waals surface area (Å²) in [5.41, 5.74) is 1.60. The van der Waals surface area contributed by atoms with Crippen LogP contribution in [0.1, 0.15) is 32.0 Å². The molecule has 0 aliphatic carbocycles. The lowest BCUT2D eigenvalue weighted by Gasteiger charge is -2.10. The van der Waals surface area contributed by atoms with E-state index in [9.17, 15) is 4.39 Å². The van der Waals surface area contributed by atoms with Crippen molar-refractivity contribution >= 4 is 23.1 Å². The molecule has 1 aromatic heterocycles. The van der Waals surface area contributed by atoms with Gasteiger partial charge >= 0.3 is 0 Å². The summed E-state index contributed by atoms with van der Waals surface area (Å²) in [6.07, 6.45) is 3.05. The third kappa shape index (κ3) is 3.40. The molecule has 1 N–H and O–H groups in total. The van der Waals surface area contributed by atoms with Gasteiger partial charge < -0.3 is 5.32 Å². The SMILES string of the molecule is CCCNC(C)c1csc(-c2c(F)cccc2SC)n1. The van der Waals surface area contributed by atoms with Crippen molar-refractivity contribution in [2.24, 2.45) is 0 Å². The van der Waals surface area contributed by atoms with Gasteiger partial charge in [-0.05, 0) is 38.3 Å². The highest BCUT2D eigenvalue weighted by Crippen LogP contribution is 2.35. The van der Waals surface area contributed by atoms with E-state index in [1.165, 1.54) is 17.4 Å². The first kappa shape index (κ1) is 15.5. The molecule has 0 bridgehead atoms. The molecule has 2 nitrogen and oxygen atoms in total. The first-order chi connectivity index (χ1) is 9.67. The van der Waals surface area contributed by atoms with E-state index in [4.69, 9.17) is 0 Å². The monoisotopic (exact) mass is 310 g/mol. The van der Waals surface area contributed by atoms with Gasteiger partial charge in [0.15, 0.2) is 0 Å². The second kappa shape index (κ2) is 7.20. The lowest BCUT2D eigenvalue weighted by Crippen LogP contribution is -2.19. The number of benzene rings is 1. The molecule has 108 valence electrons. The van der Waals surface area contributed by atoms with Gasteiger partial charge in [0.2, 0.25) is 0 Å². The Morgan fingerprint density at radius 2 is 2.25 bits per heavy atom. The maximum Gasteiger partial charge on any atom is 0.134 e. The van der Waals surface area contributed by atoms with Crippen LogP contribution in [0, 0.1) is 5.82 Å². The highest BCUT2D eigenvalue weighted by atomic mass is 32.2. The number of thiazole rings is 1. The molecule has 0 saturated heterocycles. The number of rotatable bonds is 6. The molecule has 20 heavy (non-hydrogen) atoms. The number of nitrogens with zero attached hydrogens (tertiary/aromatic N) is 1. The van der Waals surface area contributed by atoms with E-state index in [-0.39, 0.29) is 11.9 Å². The van der Waals surface area contributed by atoms with Gasteiger partial charge in [-0.15, -0.1) is 23.1 Å². The fraction of sp³-hybridized carbons (Fsp3) is 0.400. The Balaban J connectivity index is 2.29. The highest BCUT2D eigenvalue weighted by molar-refractivity contribution is 7.98. The Bertz CT molecular complexity index is 569. The van der Waals surface area contributed by atoms with Crippen LogP contribution in [0.3, 0.4) is 0 Å². The van der Waals surface area contributed by atoms with E-state index in [2.05, 4.69) is 24.1 Å². The standard InChI is InChI=1S/C15H19FN2S2/c1-4-8-17-10(2)12-9-20-15(18-12)14-11(16)6-5-7-13(14)19-3/h5-7,9-10,17H,4,8H2,1-3H3. The molecule has 1 aromatic carbocycles. The van der Waals surface area contributed by atoms with Crippen LogP contribution in [-0.4, -0.2) is 17.8 Å². The third-order valence-electron chi connectivity index (χ3n) is 3.08. The van der Waals surface area contributed by atoms with E-state index < -0.39 is 0 Å². The van der Waals surface area contributed by atoms with Crippen LogP contribution in [0.5, 0.6) is 0 Å². The molecule has 0 aliphatic heterocycles. The first-order valence-corrected chi connectivity index (χ1v) is 8.79.